The van der Waals surface area contributed by atoms with E-state index in [4.69, 9.17) is 14.6 Å². The fourth-order valence-corrected chi connectivity index (χ4v) is 9.62. The van der Waals surface area contributed by atoms with Gasteiger partial charge in [0, 0.05) is 43.8 Å². The normalized spacial score (nSPS) is 24.4. The zero-order valence-corrected chi connectivity index (χ0v) is 35.5. The lowest BCUT2D eigenvalue weighted by molar-refractivity contribution is -0.134. The first-order valence-electron chi connectivity index (χ1n) is 22.3. The molecule has 0 radical (unpaired) electrons. The van der Waals surface area contributed by atoms with Crippen LogP contribution >= 0.6 is 0 Å². The molecule has 5 aromatic rings. The third-order valence-electron chi connectivity index (χ3n) is 13.2. The van der Waals surface area contributed by atoms with Gasteiger partial charge in [0.1, 0.15) is 30.8 Å². The molecule has 17 nitrogen and oxygen atoms in total. The molecule has 10 rings (SSSR count). The highest BCUT2D eigenvalue weighted by molar-refractivity contribution is 6.08. The van der Waals surface area contributed by atoms with E-state index in [0.717, 1.165) is 48.7 Å². The lowest BCUT2D eigenvalue weighted by Crippen LogP contribution is -2.47. The van der Waals surface area contributed by atoms with Crippen LogP contribution in [0.5, 0.6) is 0 Å². The van der Waals surface area contributed by atoms with Gasteiger partial charge in [-0.2, -0.15) is 15.3 Å². The number of imide groups is 1. The van der Waals surface area contributed by atoms with Crippen molar-refractivity contribution in [3.05, 3.63) is 65.4 Å². The van der Waals surface area contributed by atoms with Crippen molar-refractivity contribution in [2.24, 2.45) is 5.92 Å². The fraction of sp³-hybridized carbons (Fsp3) is 0.511. The van der Waals surface area contributed by atoms with E-state index < -0.39 is 36.2 Å². The van der Waals surface area contributed by atoms with Crippen molar-refractivity contribution >= 4 is 51.7 Å². The summed E-state index contributed by atoms with van der Waals surface area (Å²) in [5.41, 5.74) is 1.86. The SMILES string of the molecule is O=C1CCC(c2nn(C3CC3)c3c(C#CCO[C@@H]4CCN(CC5CCC(n6cc(NC(=O)c7cnn8ccc(N9CCOCC9=O)nc78)c(C(F)F)n6)CC5)C[C@@H]4F)cccc23)C(=O)N1. The van der Waals surface area contributed by atoms with E-state index in [-0.39, 0.29) is 72.9 Å². The smallest absolute Gasteiger partial charge is 0.284 e. The van der Waals surface area contributed by atoms with Gasteiger partial charge in [0.15, 0.2) is 11.3 Å². The third-order valence-corrected chi connectivity index (χ3v) is 13.2. The molecule has 2 N–H and O–H groups in total. The Hall–Kier alpha value is -6.17. The summed E-state index contributed by atoms with van der Waals surface area (Å²) in [6, 6.07) is 7.44. The molecule has 1 aromatic carbocycles. The number of likely N-dealkylation sites (tertiary alicyclic amines) is 1. The fourth-order valence-electron chi connectivity index (χ4n) is 9.62. The van der Waals surface area contributed by atoms with Gasteiger partial charge in [-0.3, -0.25) is 43.7 Å². The van der Waals surface area contributed by atoms with E-state index in [1.807, 2.05) is 22.9 Å². The molecule has 2 saturated carbocycles. The van der Waals surface area contributed by atoms with Gasteiger partial charge in [-0.25, -0.2) is 22.7 Å². The number of para-hydroxylation sites is 1. The first-order chi connectivity index (χ1) is 31.6. The first-order valence-corrected chi connectivity index (χ1v) is 22.3. The van der Waals surface area contributed by atoms with E-state index in [2.05, 4.69) is 42.6 Å². The van der Waals surface area contributed by atoms with Crippen molar-refractivity contribution in [2.75, 3.05) is 56.2 Å². The predicted molar refractivity (Wildman–Crippen MR) is 228 cm³/mol. The van der Waals surface area contributed by atoms with E-state index in [1.165, 1.54) is 26.5 Å². The molecule has 3 saturated heterocycles. The number of benzene rings is 1. The number of fused-ring (bicyclic) bond motifs is 2. The minimum atomic E-state index is -2.93. The molecule has 65 heavy (non-hydrogen) atoms. The molecule has 0 bridgehead atoms. The second-order valence-electron chi connectivity index (χ2n) is 17.5. The molecule has 3 atom stereocenters. The van der Waals surface area contributed by atoms with Crippen LogP contribution in [0.4, 0.5) is 24.7 Å². The Morgan fingerprint density at radius 3 is 2.62 bits per heavy atom. The number of piperidine rings is 2. The Morgan fingerprint density at radius 2 is 1.85 bits per heavy atom. The van der Waals surface area contributed by atoms with Gasteiger partial charge in [-0.15, -0.1) is 0 Å². The molecule has 3 aliphatic heterocycles. The van der Waals surface area contributed by atoms with Crippen LogP contribution in [0, 0.1) is 17.8 Å². The molecule has 4 amide bonds. The molecule has 20 heteroatoms. The minimum Gasteiger partial charge on any atom is -0.370 e. The summed E-state index contributed by atoms with van der Waals surface area (Å²) in [5, 5.41) is 19.2. The van der Waals surface area contributed by atoms with Crippen LogP contribution in [0.3, 0.4) is 0 Å². The Bertz CT molecular complexity index is 2710. The number of aromatic nitrogens is 7. The van der Waals surface area contributed by atoms with Gasteiger partial charge < -0.3 is 14.8 Å². The van der Waals surface area contributed by atoms with Crippen LogP contribution in [-0.4, -0.2) is 121 Å². The Morgan fingerprint density at radius 1 is 1.02 bits per heavy atom. The van der Waals surface area contributed by atoms with Gasteiger partial charge in [-0.1, -0.05) is 24.0 Å². The van der Waals surface area contributed by atoms with Gasteiger partial charge in [0.2, 0.25) is 11.8 Å². The lowest BCUT2D eigenvalue weighted by Gasteiger charge is -2.38. The zero-order chi connectivity index (χ0) is 44.8. The predicted octanol–water partition coefficient (Wildman–Crippen LogP) is 4.90. The van der Waals surface area contributed by atoms with Crippen molar-refractivity contribution in [3.8, 4) is 11.8 Å². The van der Waals surface area contributed by atoms with Gasteiger partial charge >= 0.3 is 0 Å². The summed E-state index contributed by atoms with van der Waals surface area (Å²) in [6.07, 6.45) is 5.80. The summed E-state index contributed by atoms with van der Waals surface area (Å²) in [4.78, 5) is 58.5. The number of halogens is 3. The number of carbonyl (C=O) groups is 4. The van der Waals surface area contributed by atoms with Crippen molar-refractivity contribution in [2.45, 2.75) is 94.5 Å². The summed E-state index contributed by atoms with van der Waals surface area (Å²) in [5.74, 6) is 4.87. The number of ether oxygens (including phenoxy) is 2. The average Bonchev–Trinajstić information content (AvgIpc) is 3.72. The lowest BCUT2D eigenvalue weighted by atomic mass is 9.85. The van der Waals surface area contributed by atoms with Crippen molar-refractivity contribution in [1.29, 1.82) is 0 Å². The number of hydrogen-bond donors (Lipinski definition) is 2. The topological polar surface area (TPSA) is 183 Å². The minimum absolute atomic E-state index is 0.0484. The summed E-state index contributed by atoms with van der Waals surface area (Å²) in [6.45, 7) is 2.27. The molecular formula is C45H48F3N11O6. The highest BCUT2D eigenvalue weighted by Crippen LogP contribution is 2.41. The zero-order valence-electron chi connectivity index (χ0n) is 35.5. The van der Waals surface area contributed by atoms with Crippen molar-refractivity contribution in [3.63, 3.8) is 0 Å². The maximum absolute atomic E-state index is 15.5. The maximum Gasteiger partial charge on any atom is 0.284 e. The number of hydrogen-bond acceptors (Lipinski definition) is 11. The van der Waals surface area contributed by atoms with Crippen LogP contribution in [0.2, 0.25) is 0 Å². The molecular weight excluding hydrogens is 848 g/mol. The van der Waals surface area contributed by atoms with Crippen LogP contribution in [0.25, 0.3) is 16.6 Å². The second-order valence-corrected chi connectivity index (χ2v) is 17.5. The van der Waals surface area contributed by atoms with Crippen LogP contribution in [0.1, 0.15) is 110 Å². The quantitative estimate of drug-likeness (QED) is 0.136. The number of amides is 4. The summed E-state index contributed by atoms with van der Waals surface area (Å²) < 4.78 is 60.1. The monoisotopic (exact) mass is 895 g/mol. The Kier molecular flexibility index (Phi) is 11.8. The number of alkyl halides is 3. The number of nitrogens with zero attached hydrogens (tertiary/aromatic N) is 9. The largest absolute Gasteiger partial charge is 0.370 e. The van der Waals surface area contributed by atoms with E-state index in [0.29, 0.717) is 62.8 Å². The molecule has 5 aliphatic rings. The molecule has 4 aromatic heterocycles. The third kappa shape index (κ3) is 8.84. The van der Waals surface area contributed by atoms with E-state index in [9.17, 15) is 28.0 Å². The highest BCUT2D eigenvalue weighted by atomic mass is 19.3. The number of carbonyl (C=O) groups excluding carboxylic acids is 4. The number of morpholine rings is 1. The first kappa shape index (κ1) is 42.8. The van der Waals surface area contributed by atoms with Crippen molar-refractivity contribution in [1.82, 2.24) is 44.4 Å². The van der Waals surface area contributed by atoms with Crippen LogP contribution < -0.4 is 15.5 Å². The van der Waals surface area contributed by atoms with E-state index in [1.54, 1.807) is 12.3 Å². The molecule has 2 aliphatic carbocycles. The van der Waals surface area contributed by atoms with Crippen LogP contribution in [0.15, 0.2) is 42.9 Å². The average molecular weight is 896 g/mol. The van der Waals surface area contributed by atoms with Crippen molar-refractivity contribution < 1.29 is 41.8 Å². The standard InChI is InChI=1S/C45H48F3N11O6/c46-33-23-55(16-14-35(33)65-19-2-4-27-3-1-5-30-39(31-12-13-37(60)52-44(31)62)54-59(41(27)30)29-10-11-29)22-26-6-8-28(9-7-26)58-24-34(40(53-58)42(47)48)50-45(63)32-21-49-57-17-15-36(51-43(32)57)56-18-20-64-25-38(56)61/h1,3,5,15,17,21,24,26,28-29,31,33,35,42H,6-14,16,18-20,22-23,25H2,(H,50,63)(H,52,60,62)/t26?,28?,31?,33-,35+/m0/s1. The molecule has 0 spiro atoms. The van der Waals surface area contributed by atoms with Gasteiger partial charge in [0.25, 0.3) is 18.2 Å². The number of nitrogens with one attached hydrogen (secondary N) is 2. The second kappa shape index (κ2) is 18.0. The highest BCUT2D eigenvalue weighted by Gasteiger charge is 2.36. The van der Waals surface area contributed by atoms with Gasteiger partial charge in [0.05, 0.1) is 65.9 Å². The Balaban J connectivity index is 0.715. The molecule has 340 valence electrons. The summed E-state index contributed by atoms with van der Waals surface area (Å²) in [7, 11) is 0. The number of rotatable bonds is 11. The molecule has 1 unspecified atom stereocenters. The maximum atomic E-state index is 15.5. The van der Waals surface area contributed by atoms with E-state index >= 15 is 4.39 Å². The molecule has 7 heterocycles. The molecule has 5 fully saturated rings. The van der Waals surface area contributed by atoms with Gasteiger partial charge in [-0.05, 0) is 69.4 Å². The summed E-state index contributed by atoms with van der Waals surface area (Å²) >= 11 is 0. The van der Waals surface area contributed by atoms with Crippen LogP contribution in [-0.2, 0) is 23.9 Å². The number of anilines is 2. The Labute approximate surface area is 371 Å².